The molecule has 1 atom stereocenters. The number of aryl methyl sites for hydroxylation is 1. The first-order valence-electron chi connectivity index (χ1n) is 5.32. The first-order valence-corrected chi connectivity index (χ1v) is 7.62. The summed E-state index contributed by atoms with van der Waals surface area (Å²) in [6.45, 7) is 1.86. The summed E-state index contributed by atoms with van der Waals surface area (Å²) in [6, 6.07) is 1.31. The molecule has 1 heterocycles. The minimum Gasteiger partial charge on any atom is -0.481 e. The van der Waals surface area contributed by atoms with Crippen LogP contribution in [0.15, 0.2) is 16.3 Å². The van der Waals surface area contributed by atoms with Gasteiger partial charge in [-0.15, -0.1) is 11.3 Å². The Labute approximate surface area is 113 Å². The van der Waals surface area contributed by atoms with Gasteiger partial charge < -0.3 is 10.2 Å². The zero-order chi connectivity index (χ0) is 14.6. The average Bonchev–Trinajstić information content (AvgIpc) is 2.76. The van der Waals surface area contributed by atoms with E-state index < -0.39 is 34.4 Å². The summed E-state index contributed by atoms with van der Waals surface area (Å²) in [6.07, 6.45) is -0.155. The number of sulfonamides is 1. The monoisotopic (exact) mass is 307 g/mol. The molecule has 3 N–H and O–H groups in total. The molecule has 0 aliphatic heterocycles. The Morgan fingerprint density at radius 3 is 2.42 bits per heavy atom. The predicted molar refractivity (Wildman–Crippen MR) is 67.7 cm³/mol. The highest BCUT2D eigenvalue weighted by Gasteiger charge is 2.28. The van der Waals surface area contributed by atoms with E-state index in [1.54, 1.807) is 6.07 Å². The van der Waals surface area contributed by atoms with Crippen molar-refractivity contribution in [3.8, 4) is 0 Å². The Kier molecular flexibility index (Phi) is 5.04. The molecule has 0 saturated heterocycles. The SMILES string of the molecule is CCc1ccc(S(=O)(=O)N[C@@H](CC(=O)O)C(=O)O)s1. The molecule has 0 saturated carbocycles. The summed E-state index contributed by atoms with van der Waals surface area (Å²) in [5.41, 5.74) is 0. The van der Waals surface area contributed by atoms with E-state index in [4.69, 9.17) is 10.2 Å². The van der Waals surface area contributed by atoms with E-state index in [-0.39, 0.29) is 4.21 Å². The molecule has 19 heavy (non-hydrogen) atoms. The van der Waals surface area contributed by atoms with Crippen molar-refractivity contribution in [1.82, 2.24) is 4.72 Å². The van der Waals surface area contributed by atoms with Crippen molar-refractivity contribution in [2.45, 2.75) is 30.0 Å². The summed E-state index contributed by atoms with van der Waals surface area (Å²) in [7, 11) is -4.02. The number of carboxylic acids is 2. The highest BCUT2D eigenvalue weighted by molar-refractivity contribution is 7.91. The molecule has 0 bridgehead atoms. The maximum atomic E-state index is 11.9. The third kappa shape index (κ3) is 4.30. The first-order chi connectivity index (χ1) is 8.76. The number of rotatable bonds is 7. The van der Waals surface area contributed by atoms with Crippen LogP contribution in [0.25, 0.3) is 0 Å². The van der Waals surface area contributed by atoms with Crippen molar-refractivity contribution in [3.63, 3.8) is 0 Å². The molecule has 1 aromatic heterocycles. The van der Waals surface area contributed by atoms with E-state index in [2.05, 4.69) is 0 Å². The number of nitrogens with one attached hydrogen (secondary N) is 1. The molecule has 0 aromatic carbocycles. The molecule has 0 spiro atoms. The fraction of sp³-hybridized carbons (Fsp3) is 0.400. The Hall–Kier alpha value is -1.45. The van der Waals surface area contributed by atoms with Crippen LogP contribution >= 0.6 is 11.3 Å². The normalized spacial score (nSPS) is 13.1. The van der Waals surface area contributed by atoms with Gasteiger partial charge in [0.05, 0.1) is 6.42 Å². The predicted octanol–water partition coefficient (Wildman–Crippen LogP) is 0.517. The van der Waals surface area contributed by atoms with Gasteiger partial charge in [-0.1, -0.05) is 6.92 Å². The van der Waals surface area contributed by atoms with Crippen LogP contribution in [-0.2, 0) is 26.0 Å². The zero-order valence-electron chi connectivity index (χ0n) is 9.99. The molecule has 0 amide bonds. The third-order valence-corrected chi connectivity index (χ3v) is 5.42. The summed E-state index contributed by atoms with van der Waals surface area (Å²) in [4.78, 5) is 22.1. The van der Waals surface area contributed by atoms with Gasteiger partial charge in [-0.25, -0.2) is 8.42 Å². The Morgan fingerprint density at radius 1 is 1.37 bits per heavy atom. The number of hydrogen-bond donors (Lipinski definition) is 3. The van der Waals surface area contributed by atoms with E-state index in [0.29, 0.717) is 6.42 Å². The van der Waals surface area contributed by atoms with Crippen LogP contribution < -0.4 is 4.72 Å². The van der Waals surface area contributed by atoms with Crippen molar-refractivity contribution < 1.29 is 28.2 Å². The molecule has 7 nitrogen and oxygen atoms in total. The highest BCUT2D eigenvalue weighted by Crippen LogP contribution is 2.22. The third-order valence-electron chi connectivity index (χ3n) is 2.22. The van der Waals surface area contributed by atoms with Crippen LogP contribution in [-0.4, -0.2) is 36.6 Å². The van der Waals surface area contributed by atoms with Gasteiger partial charge >= 0.3 is 11.9 Å². The number of carboxylic acid groups (broad SMARTS) is 2. The van der Waals surface area contributed by atoms with Crippen LogP contribution in [0.4, 0.5) is 0 Å². The molecule has 0 unspecified atom stereocenters. The number of aliphatic carboxylic acids is 2. The lowest BCUT2D eigenvalue weighted by Gasteiger charge is -2.11. The Bertz CT molecular complexity index is 577. The molecule has 0 radical (unpaired) electrons. The Morgan fingerprint density at radius 2 is 2.00 bits per heavy atom. The second-order valence-electron chi connectivity index (χ2n) is 3.68. The minimum atomic E-state index is -4.02. The second kappa shape index (κ2) is 6.13. The van der Waals surface area contributed by atoms with Gasteiger partial charge in [0.15, 0.2) is 0 Å². The largest absolute Gasteiger partial charge is 0.481 e. The maximum absolute atomic E-state index is 11.9. The van der Waals surface area contributed by atoms with Crippen molar-refractivity contribution in [2.24, 2.45) is 0 Å². The molecule has 0 fully saturated rings. The Balaban J connectivity index is 2.93. The lowest BCUT2D eigenvalue weighted by Crippen LogP contribution is -2.41. The van der Waals surface area contributed by atoms with Gasteiger partial charge in [0.1, 0.15) is 10.3 Å². The average molecular weight is 307 g/mol. The molecule has 106 valence electrons. The van der Waals surface area contributed by atoms with E-state index in [1.165, 1.54) is 6.07 Å². The van der Waals surface area contributed by atoms with Gasteiger partial charge in [-0.05, 0) is 18.6 Å². The first kappa shape index (κ1) is 15.6. The fourth-order valence-corrected chi connectivity index (χ4v) is 3.79. The van der Waals surface area contributed by atoms with Crippen LogP contribution in [0, 0.1) is 0 Å². The van der Waals surface area contributed by atoms with E-state index in [9.17, 15) is 18.0 Å². The molecule has 0 aliphatic rings. The molecule has 0 aliphatic carbocycles. The van der Waals surface area contributed by atoms with Crippen LogP contribution in [0.1, 0.15) is 18.2 Å². The van der Waals surface area contributed by atoms with Gasteiger partial charge in [-0.3, -0.25) is 9.59 Å². The van der Waals surface area contributed by atoms with Gasteiger partial charge in [0.2, 0.25) is 0 Å². The number of hydrogen-bond acceptors (Lipinski definition) is 5. The number of thiophene rings is 1. The highest BCUT2D eigenvalue weighted by atomic mass is 32.2. The quantitative estimate of drug-likeness (QED) is 0.675. The lowest BCUT2D eigenvalue weighted by molar-refractivity contribution is -0.145. The van der Waals surface area contributed by atoms with E-state index in [1.807, 2.05) is 11.6 Å². The van der Waals surface area contributed by atoms with Crippen LogP contribution in [0.3, 0.4) is 0 Å². The fourth-order valence-electron chi connectivity index (χ4n) is 1.29. The molecular weight excluding hydrogens is 294 g/mol. The summed E-state index contributed by atoms with van der Waals surface area (Å²) >= 11 is 1.02. The van der Waals surface area contributed by atoms with Gasteiger partial charge in [0.25, 0.3) is 10.0 Å². The van der Waals surface area contributed by atoms with E-state index >= 15 is 0 Å². The maximum Gasteiger partial charge on any atom is 0.322 e. The summed E-state index contributed by atoms with van der Waals surface area (Å²) in [5, 5.41) is 17.3. The van der Waals surface area contributed by atoms with Crippen LogP contribution in [0.2, 0.25) is 0 Å². The lowest BCUT2D eigenvalue weighted by atomic mass is 10.2. The van der Waals surface area contributed by atoms with Crippen LogP contribution in [0.5, 0.6) is 0 Å². The van der Waals surface area contributed by atoms with Crippen molar-refractivity contribution in [3.05, 3.63) is 17.0 Å². The standard InChI is InChI=1S/C10H13NO6S2/c1-2-6-3-4-9(18-6)19(16,17)11-7(10(14)15)5-8(12)13/h3-4,7,11H,2,5H2,1H3,(H,12,13)(H,14,15)/t7-/m0/s1. The van der Waals surface area contributed by atoms with Crippen molar-refractivity contribution in [1.29, 1.82) is 0 Å². The smallest absolute Gasteiger partial charge is 0.322 e. The zero-order valence-corrected chi connectivity index (χ0v) is 11.6. The topological polar surface area (TPSA) is 121 Å². The molecular formula is C10H13NO6S2. The van der Waals surface area contributed by atoms with E-state index in [0.717, 1.165) is 16.2 Å². The molecule has 9 heteroatoms. The number of carbonyl (C=O) groups is 2. The minimum absolute atomic E-state index is 0.0269. The summed E-state index contributed by atoms with van der Waals surface area (Å²) in [5.74, 6) is -2.92. The van der Waals surface area contributed by atoms with Crippen molar-refractivity contribution in [2.75, 3.05) is 0 Å². The van der Waals surface area contributed by atoms with Gasteiger partial charge in [-0.2, -0.15) is 4.72 Å². The van der Waals surface area contributed by atoms with Gasteiger partial charge in [0, 0.05) is 4.88 Å². The van der Waals surface area contributed by atoms with Crippen molar-refractivity contribution >= 4 is 33.3 Å². The molecule has 1 aromatic rings. The second-order valence-corrected chi connectivity index (χ2v) is 6.79. The summed E-state index contributed by atoms with van der Waals surface area (Å²) < 4.78 is 25.7. The molecule has 1 rings (SSSR count).